The van der Waals surface area contributed by atoms with Gasteiger partial charge in [-0.05, 0) is 114 Å². The van der Waals surface area contributed by atoms with Gasteiger partial charge in [0.2, 0.25) is 28.7 Å². The quantitative estimate of drug-likeness (QED) is 0.224. The maximum Gasteiger partial charge on any atom is 0.437 e. The lowest BCUT2D eigenvalue weighted by Gasteiger charge is -2.48. The number of carbonyl (C=O) groups excluding carboxylic acids is 4. The van der Waals surface area contributed by atoms with Gasteiger partial charge in [-0.15, -0.1) is 0 Å². The van der Waals surface area contributed by atoms with Crippen LogP contribution in [0.5, 0.6) is 11.5 Å². The van der Waals surface area contributed by atoms with Crippen LogP contribution in [-0.2, 0) is 41.7 Å². The van der Waals surface area contributed by atoms with E-state index in [0.717, 1.165) is 19.3 Å². The fraction of sp³-hybridized carbons (Fsp3) is 0.651. The highest BCUT2D eigenvalue weighted by Gasteiger charge is 2.60. The van der Waals surface area contributed by atoms with Crippen molar-refractivity contribution in [2.45, 2.75) is 143 Å². The summed E-state index contributed by atoms with van der Waals surface area (Å²) in [6, 6.07) is 1.40. The number of fused-ring (bicyclic) bond motifs is 6. The molecule has 1 spiro atoms. The molecule has 0 radical (unpaired) electrons. The van der Waals surface area contributed by atoms with Crippen molar-refractivity contribution in [1.29, 1.82) is 0 Å². The van der Waals surface area contributed by atoms with Gasteiger partial charge in [-0.1, -0.05) is 25.0 Å². The van der Waals surface area contributed by atoms with Crippen LogP contribution in [0.4, 0.5) is 22.4 Å². The van der Waals surface area contributed by atoms with Gasteiger partial charge >= 0.3 is 12.3 Å². The minimum atomic E-state index is -4.99. The second-order valence-corrected chi connectivity index (χ2v) is 20.9. The van der Waals surface area contributed by atoms with Crippen LogP contribution < -0.4 is 24.8 Å². The summed E-state index contributed by atoms with van der Waals surface area (Å²) in [5.41, 5.74) is -4.47. The number of nitrogens with zero attached hydrogens (tertiary/aromatic N) is 2. The Kier molecular flexibility index (Phi) is 10.7. The van der Waals surface area contributed by atoms with E-state index in [0.29, 0.717) is 56.8 Å². The minimum Gasteiger partial charge on any atom is -0.483 e. The Morgan fingerprint density at radius 2 is 1.82 bits per heavy atom. The smallest absolute Gasteiger partial charge is 0.437 e. The Morgan fingerprint density at radius 1 is 1.05 bits per heavy atom. The molecule has 19 heteroatoms. The van der Waals surface area contributed by atoms with Crippen molar-refractivity contribution in [3.8, 4) is 11.5 Å². The third-order valence-electron chi connectivity index (χ3n) is 14.5. The molecule has 62 heavy (non-hydrogen) atoms. The van der Waals surface area contributed by atoms with Gasteiger partial charge in [-0.3, -0.25) is 19.1 Å². The number of sulfonamides is 1. The van der Waals surface area contributed by atoms with Crippen LogP contribution in [0.2, 0.25) is 0 Å². The van der Waals surface area contributed by atoms with Gasteiger partial charge in [0, 0.05) is 23.3 Å². The molecule has 5 fully saturated rings. The predicted octanol–water partition coefficient (Wildman–Crippen LogP) is 5.90. The highest BCUT2D eigenvalue weighted by atomic mass is 32.2. The SMILES string of the molecule is CC1(S(=O)(=O)NC(=O)C23CCC2C=CCCCCCC(NC(=O)OC2CC4CC4C2)C(=O)N2CC4(CCc5c(c(C(F)(F)F)nc6ccc(OCF)cc56)O4)CC2C(=O)N3)CC1. The third kappa shape index (κ3) is 7.84. The lowest BCUT2D eigenvalue weighted by atomic mass is 9.65. The molecule has 0 bridgehead atoms. The normalized spacial score (nSPS) is 32.7. The summed E-state index contributed by atoms with van der Waals surface area (Å²) in [7, 11) is -4.13. The van der Waals surface area contributed by atoms with Gasteiger partial charge in [0.15, 0.2) is 11.4 Å². The number of aryl methyl sites for hydroxylation is 1. The molecule has 4 heterocycles. The van der Waals surface area contributed by atoms with Crippen LogP contribution in [0, 0.1) is 17.8 Å². The average Bonchev–Trinajstić information content (AvgIpc) is 4.07. The number of alkyl carbamates (subject to hydrolysis) is 1. The van der Waals surface area contributed by atoms with E-state index in [-0.39, 0.29) is 67.0 Å². The number of halogens is 4. The number of alkyl halides is 4. The van der Waals surface area contributed by atoms with Crippen molar-refractivity contribution in [3.05, 3.63) is 41.6 Å². The number of rotatable bonds is 7. The molecule has 4 saturated carbocycles. The number of allylic oxidation sites excluding steroid dienone is 1. The van der Waals surface area contributed by atoms with Crippen LogP contribution >= 0.6 is 0 Å². The Hall–Kier alpha value is -4.68. The van der Waals surface area contributed by atoms with Gasteiger partial charge < -0.3 is 29.7 Å². The van der Waals surface area contributed by atoms with E-state index >= 15 is 0 Å². The van der Waals surface area contributed by atoms with E-state index < -0.39 is 92.2 Å². The van der Waals surface area contributed by atoms with Crippen molar-refractivity contribution in [2.75, 3.05) is 13.4 Å². The molecule has 3 aliphatic heterocycles. The van der Waals surface area contributed by atoms with Gasteiger partial charge in [0.1, 0.15) is 35.1 Å². The largest absolute Gasteiger partial charge is 0.483 e. The van der Waals surface area contributed by atoms with Crippen LogP contribution in [0.3, 0.4) is 0 Å². The number of benzene rings is 1. The van der Waals surface area contributed by atoms with Crippen molar-refractivity contribution in [3.63, 3.8) is 0 Å². The number of amides is 4. The van der Waals surface area contributed by atoms with E-state index in [1.165, 1.54) is 30.0 Å². The van der Waals surface area contributed by atoms with Crippen molar-refractivity contribution in [2.24, 2.45) is 17.8 Å². The first-order valence-electron chi connectivity index (χ1n) is 21.7. The maximum atomic E-state index is 14.9. The summed E-state index contributed by atoms with van der Waals surface area (Å²) in [5.74, 6) is -2.47. The fourth-order valence-corrected chi connectivity index (χ4v) is 11.6. The summed E-state index contributed by atoms with van der Waals surface area (Å²) < 4.78 is 103. The first-order valence-corrected chi connectivity index (χ1v) is 23.2. The number of nitrogens with one attached hydrogen (secondary N) is 3. The predicted molar refractivity (Wildman–Crippen MR) is 214 cm³/mol. The number of hydrogen-bond acceptors (Lipinski definition) is 10. The molecule has 14 nitrogen and oxygen atoms in total. The van der Waals surface area contributed by atoms with E-state index in [4.69, 9.17) is 14.2 Å². The molecule has 4 aliphatic carbocycles. The van der Waals surface area contributed by atoms with Crippen LogP contribution in [0.15, 0.2) is 30.4 Å². The monoisotopic (exact) mass is 889 g/mol. The summed E-state index contributed by atoms with van der Waals surface area (Å²) in [6.45, 7) is 0.00409. The van der Waals surface area contributed by atoms with E-state index in [1.807, 2.05) is 12.2 Å². The standard InChI is InChI=1S/C43H51F4N5O9S/c1-40(15-16-40)62(57,58)51-38(55)42-14-11-26(42)7-5-3-2-4-6-8-32(49-39(56)60-28-18-24-17-25(24)19-28)37(54)52-22-41(21-33(52)36(53)50-42)13-12-29-30-20-27(59-23-44)9-10-31(30)48-35(34(29)61-41)43(45,46)47/h5,7,9-10,20,24-26,28,32-33H,2-4,6,8,11-19,21-23H2,1H3,(H,49,56)(H,50,53)(H,51,55). The second kappa shape index (κ2) is 15.5. The van der Waals surface area contributed by atoms with Gasteiger partial charge in [-0.25, -0.2) is 22.6 Å². The lowest BCUT2D eigenvalue weighted by molar-refractivity contribution is -0.145. The Labute approximate surface area is 356 Å². The number of aromatic nitrogens is 1. The van der Waals surface area contributed by atoms with Crippen molar-refractivity contribution < 1.29 is 59.4 Å². The molecule has 1 aromatic carbocycles. The topological polar surface area (TPSA) is 182 Å². The zero-order valence-electron chi connectivity index (χ0n) is 34.4. The summed E-state index contributed by atoms with van der Waals surface area (Å²) >= 11 is 0. The van der Waals surface area contributed by atoms with Crippen LogP contribution in [0.25, 0.3) is 10.9 Å². The molecule has 1 aromatic heterocycles. The molecular formula is C43H51F4N5O9S. The molecule has 4 amide bonds. The zero-order valence-corrected chi connectivity index (χ0v) is 35.2. The minimum absolute atomic E-state index is 0.0138. The Morgan fingerprint density at radius 3 is 2.52 bits per heavy atom. The fourth-order valence-electron chi connectivity index (χ4n) is 10.3. The molecular weight excluding hydrogens is 839 g/mol. The van der Waals surface area contributed by atoms with Gasteiger partial charge in [0.05, 0.1) is 16.8 Å². The number of ether oxygens (including phenoxy) is 3. The van der Waals surface area contributed by atoms with E-state index in [9.17, 15) is 45.2 Å². The molecule has 2 aromatic rings. The van der Waals surface area contributed by atoms with E-state index in [1.54, 1.807) is 0 Å². The van der Waals surface area contributed by atoms with Crippen LogP contribution in [0.1, 0.15) is 108 Å². The molecule has 336 valence electrons. The first kappa shape index (κ1) is 42.6. The highest BCUT2D eigenvalue weighted by molar-refractivity contribution is 7.91. The molecule has 1 saturated heterocycles. The number of hydrogen-bond donors (Lipinski definition) is 3. The zero-order chi connectivity index (χ0) is 43.8. The first-order chi connectivity index (χ1) is 29.4. The molecule has 3 N–H and O–H groups in total. The maximum absolute atomic E-state index is 14.9. The summed E-state index contributed by atoms with van der Waals surface area (Å²) in [4.78, 5) is 62.5. The Bertz CT molecular complexity index is 2310. The average molecular weight is 890 g/mol. The third-order valence-corrected chi connectivity index (χ3v) is 16.7. The van der Waals surface area contributed by atoms with Crippen molar-refractivity contribution in [1.82, 2.24) is 25.2 Å². The van der Waals surface area contributed by atoms with E-state index in [2.05, 4.69) is 20.3 Å². The number of carbonyl (C=O) groups is 4. The molecule has 9 rings (SSSR count). The highest BCUT2D eigenvalue weighted by Crippen LogP contribution is 2.53. The van der Waals surface area contributed by atoms with Gasteiger partial charge in [0.25, 0.3) is 5.91 Å². The van der Waals surface area contributed by atoms with Gasteiger partial charge in [-0.2, -0.15) is 13.2 Å². The van der Waals surface area contributed by atoms with Crippen LogP contribution in [-0.4, -0.2) is 89.6 Å². The number of pyridine rings is 1. The molecule has 7 atom stereocenters. The lowest BCUT2D eigenvalue weighted by Crippen LogP contribution is -2.70. The second-order valence-electron chi connectivity index (χ2n) is 18.7. The molecule has 7 unspecified atom stereocenters. The Balaban J connectivity index is 1.07. The summed E-state index contributed by atoms with van der Waals surface area (Å²) in [5, 5.41) is 5.85. The molecule has 7 aliphatic rings. The summed E-state index contributed by atoms with van der Waals surface area (Å²) in [6.07, 6.45) is 3.87. The van der Waals surface area contributed by atoms with Crippen molar-refractivity contribution >= 4 is 44.7 Å².